The number of benzene rings is 2. The predicted octanol–water partition coefficient (Wildman–Crippen LogP) is 5.39. The summed E-state index contributed by atoms with van der Waals surface area (Å²) in [6.45, 7) is 6.51. The highest BCUT2D eigenvalue weighted by Gasteiger charge is 2.23. The van der Waals surface area contributed by atoms with Gasteiger partial charge in [0.1, 0.15) is 17.1 Å². The van der Waals surface area contributed by atoms with Crippen molar-refractivity contribution in [1.29, 1.82) is 0 Å². The fraction of sp³-hybridized carbons (Fsp3) is 0.333. The molecule has 1 fully saturated rings. The van der Waals surface area contributed by atoms with Crippen LogP contribution in [0.4, 0.5) is 11.5 Å². The van der Waals surface area contributed by atoms with E-state index in [-0.39, 0.29) is 12.5 Å². The van der Waals surface area contributed by atoms with Gasteiger partial charge >= 0.3 is 0 Å². The van der Waals surface area contributed by atoms with Crippen LogP contribution in [-0.4, -0.2) is 30.6 Å². The lowest BCUT2D eigenvalue weighted by atomic mass is 9.92. The molecule has 2 aromatic carbocycles. The molecule has 0 spiro atoms. The van der Waals surface area contributed by atoms with Crippen LogP contribution in [0.1, 0.15) is 20.3 Å². The molecule has 2 atom stereocenters. The summed E-state index contributed by atoms with van der Waals surface area (Å²) in [5, 5.41) is 4.43. The third kappa shape index (κ3) is 4.85. The van der Waals surface area contributed by atoms with E-state index in [1.54, 1.807) is 24.3 Å². The number of fused-ring (bicyclic) bond motifs is 1. The van der Waals surface area contributed by atoms with Crippen molar-refractivity contribution in [1.82, 2.24) is 4.98 Å². The monoisotopic (exact) mass is 423 g/mol. The molecule has 6 heteroatoms. The molecular weight excluding hydrogens is 398 g/mol. The van der Waals surface area contributed by atoms with Crippen LogP contribution < -0.4 is 15.0 Å². The number of ether oxygens (including phenoxy) is 1. The molecule has 4 rings (SSSR count). The molecule has 0 radical (unpaired) electrons. The maximum atomic E-state index is 12.3. The van der Waals surface area contributed by atoms with Crippen LogP contribution in [0, 0.1) is 11.8 Å². The number of hydrogen-bond acceptors (Lipinski definition) is 4. The van der Waals surface area contributed by atoms with Crippen molar-refractivity contribution in [2.24, 2.45) is 11.8 Å². The number of halogens is 1. The van der Waals surface area contributed by atoms with Crippen molar-refractivity contribution in [3.63, 3.8) is 0 Å². The zero-order chi connectivity index (χ0) is 21.1. The van der Waals surface area contributed by atoms with Crippen LogP contribution in [0.15, 0.2) is 54.6 Å². The largest absolute Gasteiger partial charge is 0.481 e. The maximum Gasteiger partial charge on any atom is 0.262 e. The number of para-hydroxylation sites is 1. The number of anilines is 2. The van der Waals surface area contributed by atoms with Crippen LogP contribution in [0.5, 0.6) is 5.75 Å². The minimum absolute atomic E-state index is 0.0918. The molecule has 0 aliphatic carbocycles. The first-order chi connectivity index (χ1) is 14.5. The van der Waals surface area contributed by atoms with Gasteiger partial charge in [-0.1, -0.05) is 37.6 Å². The molecule has 2 unspecified atom stereocenters. The van der Waals surface area contributed by atoms with Crippen molar-refractivity contribution in [3.8, 4) is 5.75 Å². The molecule has 2 heterocycles. The maximum absolute atomic E-state index is 12.3. The number of carbonyl (C=O) groups excluding carboxylic acids is 1. The van der Waals surface area contributed by atoms with Gasteiger partial charge in [-0.2, -0.15) is 0 Å². The molecule has 1 saturated heterocycles. The molecule has 5 nitrogen and oxygen atoms in total. The topological polar surface area (TPSA) is 54.5 Å². The third-order valence-corrected chi connectivity index (χ3v) is 5.60. The number of piperidine rings is 1. The molecule has 1 amide bonds. The van der Waals surface area contributed by atoms with Gasteiger partial charge in [0.25, 0.3) is 5.91 Å². The Bertz CT molecular complexity index is 1030. The number of nitrogens with zero attached hydrogens (tertiary/aromatic N) is 2. The average Bonchev–Trinajstić information content (AvgIpc) is 2.73. The van der Waals surface area contributed by atoms with E-state index in [0.29, 0.717) is 28.3 Å². The van der Waals surface area contributed by atoms with Crippen LogP contribution >= 0.6 is 11.6 Å². The Morgan fingerprint density at radius 2 is 1.83 bits per heavy atom. The molecular formula is C24H26ClN3O2. The normalized spacial score (nSPS) is 19.0. The first-order valence-electron chi connectivity index (χ1n) is 10.3. The molecule has 30 heavy (non-hydrogen) atoms. The second kappa shape index (κ2) is 8.92. The molecule has 3 aromatic rings. The highest BCUT2D eigenvalue weighted by molar-refractivity contribution is 6.30. The summed E-state index contributed by atoms with van der Waals surface area (Å²) in [5.74, 6) is 2.63. The summed E-state index contributed by atoms with van der Waals surface area (Å²) >= 11 is 5.88. The lowest BCUT2D eigenvalue weighted by Crippen LogP contribution is -2.39. The molecule has 1 N–H and O–H groups in total. The van der Waals surface area contributed by atoms with E-state index in [0.717, 1.165) is 29.8 Å². The summed E-state index contributed by atoms with van der Waals surface area (Å²) in [6, 6.07) is 16.9. The minimum Gasteiger partial charge on any atom is -0.481 e. The smallest absolute Gasteiger partial charge is 0.262 e. The summed E-state index contributed by atoms with van der Waals surface area (Å²) in [4.78, 5) is 19.5. The van der Waals surface area contributed by atoms with Gasteiger partial charge in [-0.3, -0.25) is 4.79 Å². The van der Waals surface area contributed by atoms with E-state index in [1.807, 2.05) is 18.2 Å². The van der Waals surface area contributed by atoms with Crippen LogP contribution in [-0.2, 0) is 4.79 Å². The number of pyridine rings is 1. The Labute approximate surface area is 182 Å². The summed E-state index contributed by atoms with van der Waals surface area (Å²) in [7, 11) is 0. The molecule has 1 aliphatic heterocycles. The van der Waals surface area contributed by atoms with Gasteiger partial charge in [0.2, 0.25) is 0 Å². The van der Waals surface area contributed by atoms with Crippen molar-refractivity contribution in [2.45, 2.75) is 20.3 Å². The number of nitrogens with one attached hydrogen (secondary N) is 1. The van der Waals surface area contributed by atoms with Crippen LogP contribution in [0.2, 0.25) is 5.02 Å². The predicted molar refractivity (Wildman–Crippen MR) is 122 cm³/mol. The van der Waals surface area contributed by atoms with Crippen molar-refractivity contribution in [2.75, 3.05) is 29.9 Å². The molecule has 0 saturated carbocycles. The summed E-state index contributed by atoms with van der Waals surface area (Å²) in [5.41, 5.74) is 1.46. The second-order valence-corrected chi connectivity index (χ2v) is 8.63. The van der Waals surface area contributed by atoms with Crippen molar-refractivity contribution < 1.29 is 9.53 Å². The van der Waals surface area contributed by atoms with Crippen LogP contribution in [0.25, 0.3) is 10.9 Å². The lowest BCUT2D eigenvalue weighted by molar-refractivity contribution is -0.118. The van der Waals surface area contributed by atoms with Crippen molar-refractivity contribution in [3.05, 3.63) is 59.6 Å². The molecule has 1 aromatic heterocycles. The number of rotatable bonds is 5. The van der Waals surface area contributed by atoms with Gasteiger partial charge in [-0.25, -0.2) is 4.98 Å². The standard InChI is InChI=1S/C24H26ClN3O2/c1-16-12-17(2)14-28(13-16)22-11-6-18-4-3-5-21(24(18)27-22)30-15-23(29)26-20-9-7-19(25)8-10-20/h3-11,16-17H,12-15H2,1-2H3,(H,26,29). The van der Waals surface area contributed by atoms with E-state index in [2.05, 4.69) is 36.2 Å². The zero-order valence-corrected chi connectivity index (χ0v) is 18.0. The molecule has 1 aliphatic rings. The zero-order valence-electron chi connectivity index (χ0n) is 17.3. The van der Waals surface area contributed by atoms with E-state index >= 15 is 0 Å². The summed E-state index contributed by atoms with van der Waals surface area (Å²) < 4.78 is 5.84. The summed E-state index contributed by atoms with van der Waals surface area (Å²) in [6.07, 6.45) is 1.25. The minimum atomic E-state index is -0.232. The van der Waals surface area contributed by atoms with E-state index < -0.39 is 0 Å². The number of amides is 1. The Kier molecular flexibility index (Phi) is 6.09. The first-order valence-corrected chi connectivity index (χ1v) is 10.7. The fourth-order valence-electron chi connectivity index (χ4n) is 4.13. The molecule has 0 bridgehead atoms. The Morgan fingerprint density at radius 3 is 2.57 bits per heavy atom. The Morgan fingerprint density at radius 1 is 1.10 bits per heavy atom. The molecule has 156 valence electrons. The van der Waals surface area contributed by atoms with Crippen molar-refractivity contribution >= 4 is 39.9 Å². The first kappa shape index (κ1) is 20.5. The van der Waals surface area contributed by atoms with Gasteiger partial charge in [-0.05, 0) is 60.7 Å². The van der Waals surface area contributed by atoms with E-state index in [1.165, 1.54) is 6.42 Å². The van der Waals surface area contributed by atoms with Gasteiger partial charge < -0.3 is 15.0 Å². The Balaban J connectivity index is 1.49. The van der Waals surface area contributed by atoms with Gasteiger partial charge in [0.05, 0.1) is 0 Å². The SMILES string of the molecule is CC1CC(C)CN(c2ccc3cccc(OCC(=O)Nc4ccc(Cl)cc4)c3n2)C1. The van der Waals surface area contributed by atoms with Gasteiger partial charge in [0, 0.05) is 29.2 Å². The third-order valence-electron chi connectivity index (χ3n) is 5.35. The number of hydrogen-bond donors (Lipinski definition) is 1. The second-order valence-electron chi connectivity index (χ2n) is 8.19. The number of carbonyl (C=O) groups is 1. The highest BCUT2D eigenvalue weighted by Crippen LogP contribution is 2.30. The number of aromatic nitrogens is 1. The highest BCUT2D eigenvalue weighted by atomic mass is 35.5. The quantitative estimate of drug-likeness (QED) is 0.597. The van der Waals surface area contributed by atoms with E-state index in [9.17, 15) is 4.79 Å². The van der Waals surface area contributed by atoms with Gasteiger partial charge in [0.15, 0.2) is 6.61 Å². The Hall–Kier alpha value is -2.79. The van der Waals surface area contributed by atoms with Crippen LogP contribution in [0.3, 0.4) is 0 Å². The lowest BCUT2D eigenvalue weighted by Gasteiger charge is -2.35. The van der Waals surface area contributed by atoms with Gasteiger partial charge in [-0.15, -0.1) is 0 Å². The average molecular weight is 424 g/mol. The fourth-order valence-corrected chi connectivity index (χ4v) is 4.25. The van der Waals surface area contributed by atoms with E-state index in [4.69, 9.17) is 21.3 Å².